The molecule has 2 heterocycles. The molecule has 2 aliphatic heterocycles. The van der Waals surface area contributed by atoms with Crippen LogP contribution in [0.5, 0.6) is 0 Å². The topological polar surface area (TPSA) is 72.9 Å². The fourth-order valence-corrected chi connectivity index (χ4v) is 9.12. The maximum atomic E-state index is 16.2. The van der Waals surface area contributed by atoms with Gasteiger partial charge in [-0.05, 0) is 82.8 Å². The number of likely N-dealkylation sites (tertiary alicyclic amines) is 1. The van der Waals surface area contributed by atoms with Crippen molar-refractivity contribution in [1.82, 2.24) is 10.2 Å². The largest absolute Gasteiger partial charge is 0.390 e. The van der Waals surface area contributed by atoms with Crippen LogP contribution in [0.1, 0.15) is 82.8 Å². The van der Waals surface area contributed by atoms with Crippen molar-refractivity contribution in [3.8, 4) is 0 Å². The number of benzene rings is 2. The van der Waals surface area contributed by atoms with Gasteiger partial charge in [0.2, 0.25) is 11.8 Å². The normalized spacial score (nSPS) is 32.6. The van der Waals surface area contributed by atoms with Crippen LogP contribution < -0.4 is 10.2 Å². The number of carbonyl (C=O) groups is 2. The Morgan fingerprint density at radius 1 is 1.12 bits per heavy atom. The van der Waals surface area contributed by atoms with Crippen molar-refractivity contribution in [2.24, 2.45) is 0 Å². The highest BCUT2D eigenvalue weighted by Crippen LogP contribution is 2.67. The fraction of sp³-hybridized carbons (Fsp3) is 0.562. The standard InChI is InChI=1S/C32H38Cl2FN3O3/c1-18(2)38-24-15-19(33)11-12-22(24)32(29(38)40)25(21-9-8-10-23(34)26(21)35)27(28(39)36-20-16-30(3,41)17-20)37(4)31(32)13-6-5-7-14-31/h8-12,15,18,20,25,27,41H,5-7,13-14,16-17H2,1-4H3,(H,36,39)/t20-,25-,27+,30+,32+/m0/s1. The van der Waals surface area contributed by atoms with Gasteiger partial charge in [0.15, 0.2) is 0 Å². The van der Waals surface area contributed by atoms with E-state index >= 15 is 9.18 Å². The number of fused-ring (bicyclic) bond motifs is 3. The minimum absolute atomic E-state index is 0.0402. The molecule has 220 valence electrons. The summed E-state index contributed by atoms with van der Waals surface area (Å²) in [6.07, 6.45) is 5.12. The number of hydrogen-bond donors (Lipinski definition) is 2. The maximum Gasteiger partial charge on any atom is 0.240 e. The molecule has 2 aromatic carbocycles. The van der Waals surface area contributed by atoms with Crippen LogP contribution in [0.25, 0.3) is 0 Å². The molecular formula is C32H38Cl2FN3O3. The van der Waals surface area contributed by atoms with Gasteiger partial charge in [-0.3, -0.25) is 14.5 Å². The lowest BCUT2D eigenvalue weighted by Gasteiger charge is -2.50. The molecule has 6 rings (SSSR count). The van der Waals surface area contributed by atoms with Gasteiger partial charge in [0.05, 0.1) is 16.7 Å². The number of rotatable bonds is 4. The quantitative estimate of drug-likeness (QED) is 0.454. The number of nitrogens with one attached hydrogen (secondary N) is 1. The summed E-state index contributed by atoms with van der Waals surface area (Å²) in [5, 5.41) is 14.0. The highest BCUT2D eigenvalue weighted by atomic mass is 35.5. The van der Waals surface area contributed by atoms with E-state index in [1.54, 1.807) is 30.0 Å². The molecule has 1 saturated heterocycles. The number of halogens is 3. The molecule has 4 aliphatic rings. The molecular weight excluding hydrogens is 564 g/mol. The Kier molecular flexibility index (Phi) is 7.00. The van der Waals surface area contributed by atoms with Crippen LogP contribution in [-0.2, 0) is 15.0 Å². The summed E-state index contributed by atoms with van der Waals surface area (Å²) in [5.74, 6) is -1.83. The lowest BCUT2D eigenvalue weighted by molar-refractivity contribution is -0.131. The van der Waals surface area contributed by atoms with Gasteiger partial charge in [-0.2, -0.15) is 0 Å². The third kappa shape index (κ3) is 4.02. The van der Waals surface area contributed by atoms with E-state index in [9.17, 15) is 9.90 Å². The van der Waals surface area contributed by atoms with Crippen LogP contribution in [0.2, 0.25) is 10.0 Å². The van der Waals surface area contributed by atoms with Gasteiger partial charge in [-0.1, -0.05) is 60.7 Å². The highest BCUT2D eigenvalue weighted by Gasteiger charge is 2.76. The number of aliphatic hydroxyl groups is 1. The molecule has 9 heteroatoms. The van der Waals surface area contributed by atoms with Gasteiger partial charge in [0.25, 0.3) is 0 Å². The number of carbonyl (C=O) groups excluding carboxylic acids is 2. The summed E-state index contributed by atoms with van der Waals surface area (Å²) in [6.45, 7) is 5.69. The van der Waals surface area contributed by atoms with E-state index < -0.39 is 34.3 Å². The summed E-state index contributed by atoms with van der Waals surface area (Å²) < 4.78 is 16.2. The van der Waals surface area contributed by atoms with E-state index in [-0.39, 0.29) is 34.5 Å². The van der Waals surface area contributed by atoms with Gasteiger partial charge in [-0.15, -0.1) is 0 Å². The first-order valence-corrected chi connectivity index (χ1v) is 15.4. The molecule has 3 atom stereocenters. The number of anilines is 1. The van der Waals surface area contributed by atoms with Crippen molar-refractivity contribution in [2.45, 2.75) is 106 Å². The zero-order valence-corrected chi connectivity index (χ0v) is 25.5. The Hall–Kier alpha value is -2.19. The van der Waals surface area contributed by atoms with Crippen molar-refractivity contribution in [3.05, 3.63) is 63.4 Å². The van der Waals surface area contributed by atoms with Gasteiger partial charge < -0.3 is 15.3 Å². The first kappa shape index (κ1) is 28.9. The molecule has 0 aromatic heterocycles. The lowest BCUT2D eigenvalue weighted by Crippen LogP contribution is -2.62. The molecule has 6 nitrogen and oxygen atoms in total. The van der Waals surface area contributed by atoms with E-state index in [4.69, 9.17) is 23.2 Å². The minimum atomic E-state index is -1.25. The maximum absolute atomic E-state index is 16.2. The third-order valence-electron chi connectivity index (χ3n) is 10.3. The Morgan fingerprint density at radius 3 is 2.44 bits per heavy atom. The van der Waals surface area contributed by atoms with Crippen molar-refractivity contribution >= 4 is 40.7 Å². The second-order valence-corrected chi connectivity index (χ2v) is 14.0. The summed E-state index contributed by atoms with van der Waals surface area (Å²) in [6, 6.07) is 9.21. The van der Waals surface area contributed by atoms with Gasteiger partial charge in [0.1, 0.15) is 11.2 Å². The van der Waals surface area contributed by atoms with Gasteiger partial charge in [-0.25, -0.2) is 4.39 Å². The summed E-state index contributed by atoms with van der Waals surface area (Å²) in [7, 11) is 1.93. The number of amides is 2. The second kappa shape index (κ2) is 9.94. The second-order valence-electron chi connectivity index (χ2n) is 13.1. The van der Waals surface area contributed by atoms with Gasteiger partial charge in [0, 0.05) is 34.3 Å². The molecule has 2 amide bonds. The molecule has 2 N–H and O–H groups in total. The van der Waals surface area contributed by atoms with E-state index in [0.717, 1.165) is 30.5 Å². The molecule has 41 heavy (non-hydrogen) atoms. The highest BCUT2D eigenvalue weighted by molar-refractivity contribution is 6.31. The average Bonchev–Trinajstić information content (AvgIpc) is 3.27. The van der Waals surface area contributed by atoms with Gasteiger partial charge >= 0.3 is 0 Å². The predicted octanol–water partition coefficient (Wildman–Crippen LogP) is 5.96. The number of nitrogens with zero attached hydrogens (tertiary/aromatic N) is 2. The van der Waals surface area contributed by atoms with Crippen LogP contribution in [0.4, 0.5) is 10.1 Å². The van der Waals surface area contributed by atoms with E-state index in [1.807, 2.05) is 33.0 Å². The lowest BCUT2D eigenvalue weighted by atomic mass is 9.55. The zero-order chi connectivity index (χ0) is 29.5. The zero-order valence-electron chi connectivity index (χ0n) is 24.0. The predicted molar refractivity (Wildman–Crippen MR) is 159 cm³/mol. The summed E-state index contributed by atoms with van der Waals surface area (Å²) in [5.41, 5.74) is -1.01. The Labute approximate surface area is 251 Å². The molecule has 2 aromatic rings. The van der Waals surface area contributed by atoms with Crippen molar-refractivity contribution in [1.29, 1.82) is 0 Å². The van der Waals surface area contributed by atoms with Crippen molar-refractivity contribution in [2.75, 3.05) is 11.9 Å². The summed E-state index contributed by atoms with van der Waals surface area (Å²) >= 11 is 12.9. The Bertz CT molecular complexity index is 1400. The van der Waals surface area contributed by atoms with Crippen LogP contribution >= 0.6 is 23.2 Å². The summed E-state index contributed by atoms with van der Waals surface area (Å²) in [4.78, 5) is 33.5. The molecule has 2 saturated carbocycles. The monoisotopic (exact) mass is 601 g/mol. The van der Waals surface area contributed by atoms with E-state index in [0.29, 0.717) is 30.7 Å². The first-order valence-electron chi connectivity index (χ1n) is 14.7. The van der Waals surface area contributed by atoms with Crippen molar-refractivity contribution in [3.63, 3.8) is 0 Å². The minimum Gasteiger partial charge on any atom is -0.390 e. The van der Waals surface area contributed by atoms with Crippen LogP contribution in [0.15, 0.2) is 36.4 Å². The number of likely N-dealkylation sites (N-methyl/N-ethyl adjacent to an activating group) is 1. The molecule has 2 aliphatic carbocycles. The van der Waals surface area contributed by atoms with E-state index in [1.165, 1.54) is 6.07 Å². The molecule has 0 radical (unpaired) electrons. The first-order chi connectivity index (χ1) is 19.4. The van der Waals surface area contributed by atoms with E-state index in [2.05, 4.69) is 10.2 Å². The van der Waals surface area contributed by atoms with Crippen LogP contribution in [0.3, 0.4) is 0 Å². The smallest absolute Gasteiger partial charge is 0.240 e. The number of hydrogen-bond acceptors (Lipinski definition) is 4. The van der Waals surface area contributed by atoms with Crippen molar-refractivity contribution < 1.29 is 19.1 Å². The molecule has 0 bridgehead atoms. The SMILES string of the molecule is CC(C)N1C(=O)[C@@]2(c3ccc(Cl)cc31)[C@@H](c1cccc(Cl)c1F)[C@H](C(=O)N[C@H]1C[C@@](C)(O)C1)N(C)C21CCCCC1. The Balaban J connectivity index is 1.64. The Morgan fingerprint density at radius 2 is 1.80 bits per heavy atom. The molecule has 2 spiro atoms. The molecule has 3 fully saturated rings. The van der Waals surface area contributed by atoms with Crippen LogP contribution in [-0.4, -0.2) is 58.1 Å². The molecule has 0 unspecified atom stereocenters. The van der Waals surface area contributed by atoms with Crippen LogP contribution in [0, 0.1) is 5.82 Å². The average molecular weight is 603 g/mol. The third-order valence-corrected chi connectivity index (χ3v) is 10.8. The fourth-order valence-electron chi connectivity index (χ4n) is 8.77.